The minimum Gasteiger partial charge on any atom is -0.370 e. The average Bonchev–Trinajstić information content (AvgIpc) is 3.19. The third-order valence-electron chi connectivity index (χ3n) is 5.07. The molecule has 1 aromatic carbocycles. The van der Waals surface area contributed by atoms with Crippen LogP contribution in [0.15, 0.2) is 61.1 Å². The van der Waals surface area contributed by atoms with Gasteiger partial charge in [0.2, 0.25) is 0 Å². The second kappa shape index (κ2) is 8.35. The van der Waals surface area contributed by atoms with Crippen LogP contribution in [0.1, 0.15) is 28.9 Å². The first-order valence-electron chi connectivity index (χ1n) is 9.59. The average molecular weight is 376 g/mol. The highest BCUT2D eigenvalue weighted by atomic mass is 16.5. The molecule has 1 aliphatic heterocycles. The lowest BCUT2D eigenvalue weighted by atomic mass is 10.1. The molecule has 1 saturated heterocycles. The Kier molecular flexibility index (Phi) is 5.48. The van der Waals surface area contributed by atoms with E-state index in [0.717, 1.165) is 36.5 Å². The van der Waals surface area contributed by atoms with Gasteiger partial charge in [0.05, 0.1) is 18.4 Å². The summed E-state index contributed by atoms with van der Waals surface area (Å²) in [6, 6.07) is 13.5. The number of imidazole rings is 1. The van der Waals surface area contributed by atoms with Crippen LogP contribution in [0.25, 0.3) is 11.4 Å². The Hall–Kier alpha value is -2.99. The summed E-state index contributed by atoms with van der Waals surface area (Å²) < 4.78 is 7.96. The van der Waals surface area contributed by atoms with Crippen molar-refractivity contribution in [2.45, 2.75) is 25.6 Å². The van der Waals surface area contributed by atoms with Gasteiger partial charge in [0, 0.05) is 49.9 Å². The van der Waals surface area contributed by atoms with E-state index in [0.29, 0.717) is 18.7 Å². The maximum Gasteiger partial charge on any atom is 0.253 e. The first kappa shape index (κ1) is 18.4. The van der Waals surface area contributed by atoms with Crippen molar-refractivity contribution in [3.63, 3.8) is 0 Å². The van der Waals surface area contributed by atoms with Crippen LogP contribution in [0.4, 0.5) is 0 Å². The van der Waals surface area contributed by atoms with Gasteiger partial charge in [-0.05, 0) is 37.1 Å². The molecule has 0 bridgehead atoms. The molecular formula is C22H24N4O2. The molecule has 0 aliphatic carbocycles. The van der Waals surface area contributed by atoms with Gasteiger partial charge < -0.3 is 14.2 Å². The molecule has 1 atom stereocenters. The number of aromatic nitrogens is 3. The van der Waals surface area contributed by atoms with Gasteiger partial charge in [0.25, 0.3) is 5.91 Å². The van der Waals surface area contributed by atoms with E-state index in [1.807, 2.05) is 65.2 Å². The maximum atomic E-state index is 12.9. The first-order chi connectivity index (χ1) is 13.7. The lowest BCUT2D eigenvalue weighted by molar-refractivity contribution is -0.00785. The molecule has 2 aromatic heterocycles. The highest BCUT2D eigenvalue weighted by molar-refractivity contribution is 5.94. The van der Waals surface area contributed by atoms with E-state index in [4.69, 9.17) is 4.74 Å². The second-order valence-electron chi connectivity index (χ2n) is 7.09. The summed E-state index contributed by atoms with van der Waals surface area (Å²) in [5, 5.41) is 0. The molecule has 3 heterocycles. The molecule has 0 unspecified atom stereocenters. The third kappa shape index (κ3) is 4.12. The molecule has 28 heavy (non-hydrogen) atoms. The molecule has 0 spiro atoms. The van der Waals surface area contributed by atoms with Crippen LogP contribution in [0.5, 0.6) is 0 Å². The van der Waals surface area contributed by atoms with Crippen molar-refractivity contribution in [2.75, 3.05) is 13.1 Å². The van der Waals surface area contributed by atoms with Gasteiger partial charge in [-0.1, -0.05) is 18.2 Å². The first-order valence-corrected chi connectivity index (χ1v) is 9.59. The monoisotopic (exact) mass is 376 g/mol. The van der Waals surface area contributed by atoms with Gasteiger partial charge in [-0.3, -0.25) is 9.78 Å². The summed E-state index contributed by atoms with van der Waals surface area (Å²) >= 11 is 0. The number of hydrogen-bond donors (Lipinski definition) is 0. The Morgan fingerprint density at radius 2 is 2.00 bits per heavy atom. The molecule has 6 nitrogen and oxygen atoms in total. The quantitative estimate of drug-likeness (QED) is 0.685. The lowest BCUT2D eigenvalue weighted by Crippen LogP contribution is -2.43. The summed E-state index contributed by atoms with van der Waals surface area (Å²) in [7, 11) is 1.96. The van der Waals surface area contributed by atoms with Crippen molar-refractivity contribution in [1.82, 2.24) is 19.4 Å². The van der Waals surface area contributed by atoms with Crippen LogP contribution in [0.3, 0.4) is 0 Å². The molecule has 0 N–H and O–H groups in total. The van der Waals surface area contributed by atoms with Crippen LogP contribution in [0, 0.1) is 0 Å². The normalized spacial score (nSPS) is 16.9. The molecule has 4 rings (SSSR count). The van der Waals surface area contributed by atoms with E-state index in [-0.39, 0.29) is 12.0 Å². The van der Waals surface area contributed by atoms with Crippen molar-refractivity contribution < 1.29 is 9.53 Å². The van der Waals surface area contributed by atoms with Gasteiger partial charge in [-0.2, -0.15) is 0 Å². The third-order valence-corrected chi connectivity index (χ3v) is 5.07. The number of ether oxygens (including phenoxy) is 1. The number of aryl methyl sites for hydroxylation is 1. The molecule has 1 amide bonds. The fourth-order valence-corrected chi connectivity index (χ4v) is 3.53. The Bertz CT molecular complexity index is 921. The van der Waals surface area contributed by atoms with E-state index >= 15 is 0 Å². The summed E-state index contributed by atoms with van der Waals surface area (Å²) in [6.07, 6.45) is 7.41. The Labute approximate surface area is 164 Å². The van der Waals surface area contributed by atoms with Crippen molar-refractivity contribution in [3.05, 3.63) is 72.3 Å². The van der Waals surface area contributed by atoms with E-state index < -0.39 is 0 Å². The Balaban J connectivity index is 1.38. The summed E-state index contributed by atoms with van der Waals surface area (Å²) in [5.74, 6) is 0.942. The zero-order valence-electron chi connectivity index (χ0n) is 16.0. The highest BCUT2D eigenvalue weighted by Crippen LogP contribution is 2.20. The summed E-state index contributed by atoms with van der Waals surface area (Å²) in [4.78, 5) is 23.5. The van der Waals surface area contributed by atoms with E-state index in [1.165, 1.54) is 0 Å². The minimum absolute atomic E-state index is 0.0477. The summed E-state index contributed by atoms with van der Waals surface area (Å²) in [5.41, 5.74) is 2.61. The zero-order chi connectivity index (χ0) is 19.3. The second-order valence-corrected chi connectivity index (χ2v) is 7.09. The fourth-order valence-electron chi connectivity index (χ4n) is 3.53. The standard InChI is InChI=1S/C22H24N4O2/c1-25-14-12-24-21(25)17-7-9-18(10-8-17)22(27)26-13-4-6-20(15-26)28-16-19-5-2-3-11-23-19/h2-3,5,7-12,14,20H,4,6,13,15-16H2,1H3/t20-/m0/s1. The molecule has 144 valence electrons. The largest absolute Gasteiger partial charge is 0.370 e. The van der Waals surface area contributed by atoms with Gasteiger partial charge >= 0.3 is 0 Å². The van der Waals surface area contributed by atoms with E-state index in [1.54, 1.807) is 12.4 Å². The number of carbonyl (C=O) groups is 1. The molecule has 0 saturated carbocycles. The zero-order valence-corrected chi connectivity index (χ0v) is 16.0. The number of pyridine rings is 1. The Morgan fingerprint density at radius 3 is 2.71 bits per heavy atom. The number of benzene rings is 1. The number of nitrogens with zero attached hydrogens (tertiary/aromatic N) is 4. The topological polar surface area (TPSA) is 60.2 Å². The van der Waals surface area contributed by atoms with Crippen LogP contribution < -0.4 is 0 Å². The number of carbonyl (C=O) groups excluding carboxylic acids is 1. The molecule has 0 radical (unpaired) electrons. The fraction of sp³-hybridized carbons (Fsp3) is 0.318. The Morgan fingerprint density at radius 1 is 1.14 bits per heavy atom. The molecular weight excluding hydrogens is 352 g/mol. The number of hydrogen-bond acceptors (Lipinski definition) is 4. The van der Waals surface area contributed by atoms with Crippen molar-refractivity contribution in [3.8, 4) is 11.4 Å². The van der Waals surface area contributed by atoms with Crippen molar-refractivity contribution >= 4 is 5.91 Å². The van der Waals surface area contributed by atoms with Crippen molar-refractivity contribution in [1.29, 1.82) is 0 Å². The van der Waals surface area contributed by atoms with Crippen LogP contribution >= 0.6 is 0 Å². The van der Waals surface area contributed by atoms with E-state index in [9.17, 15) is 4.79 Å². The van der Waals surface area contributed by atoms with Gasteiger partial charge in [0.1, 0.15) is 5.82 Å². The smallest absolute Gasteiger partial charge is 0.253 e. The number of amides is 1. The van der Waals surface area contributed by atoms with Crippen LogP contribution in [-0.4, -0.2) is 44.5 Å². The maximum absolute atomic E-state index is 12.9. The highest BCUT2D eigenvalue weighted by Gasteiger charge is 2.25. The van der Waals surface area contributed by atoms with Gasteiger partial charge in [-0.15, -0.1) is 0 Å². The van der Waals surface area contributed by atoms with Crippen LogP contribution in [0.2, 0.25) is 0 Å². The van der Waals surface area contributed by atoms with Crippen LogP contribution in [-0.2, 0) is 18.4 Å². The number of piperidine rings is 1. The molecule has 1 aliphatic rings. The van der Waals surface area contributed by atoms with E-state index in [2.05, 4.69) is 9.97 Å². The predicted molar refractivity (Wildman–Crippen MR) is 107 cm³/mol. The van der Waals surface area contributed by atoms with Crippen molar-refractivity contribution in [2.24, 2.45) is 7.05 Å². The lowest BCUT2D eigenvalue weighted by Gasteiger charge is -2.32. The SMILES string of the molecule is Cn1ccnc1-c1ccc(C(=O)N2CCC[C@H](OCc3ccccn3)C2)cc1. The molecule has 1 fully saturated rings. The minimum atomic E-state index is 0.0477. The predicted octanol–water partition coefficient (Wildman–Crippen LogP) is 3.30. The number of likely N-dealkylation sites (tertiary alicyclic amines) is 1. The van der Waals surface area contributed by atoms with Gasteiger partial charge in [0.15, 0.2) is 0 Å². The number of rotatable bonds is 5. The molecule has 3 aromatic rings. The summed E-state index contributed by atoms with van der Waals surface area (Å²) in [6.45, 7) is 1.86. The van der Waals surface area contributed by atoms with Gasteiger partial charge in [-0.25, -0.2) is 4.98 Å². The molecule has 6 heteroatoms.